The van der Waals surface area contributed by atoms with Crippen LogP contribution in [0.2, 0.25) is 0 Å². The van der Waals surface area contributed by atoms with Gasteiger partial charge in [0.1, 0.15) is 0 Å². The SMILES string of the molecule is NNC(=S)NC(CC(=O)c1ccccc1)c1ccccc1. The number of hydrogen-bond acceptors (Lipinski definition) is 3. The van der Waals surface area contributed by atoms with Gasteiger partial charge in [0, 0.05) is 12.0 Å². The monoisotopic (exact) mass is 299 g/mol. The summed E-state index contributed by atoms with van der Waals surface area (Å²) >= 11 is 5.04. The van der Waals surface area contributed by atoms with Gasteiger partial charge in [-0.1, -0.05) is 60.7 Å². The molecule has 0 bridgehead atoms. The molecule has 4 nitrogen and oxygen atoms in total. The number of thiocarbonyl (C=S) groups is 1. The van der Waals surface area contributed by atoms with Crippen molar-refractivity contribution in [2.45, 2.75) is 12.5 Å². The molecule has 1 atom stereocenters. The molecular formula is C16H17N3OS. The molecule has 2 rings (SSSR count). The van der Waals surface area contributed by atoms with Crippen LogP contribution in [-0.2, 0) is 0 Å². The van der Waals surface area contributed by atoms with E-state index < -0.39 is 0 Å². The number of carbonyl (C=O) groups excluding carboxylic acids is 1. The third kappa shape index (κ3) is 4.37. The van der Waals surface area contributed by atoms with Crippen molar-refractivity contribution < 1.29 is 4.79 Å². The molecular weight excluding hydrogens is 282 g/mol. The lowest BCUT2D eigenvalue weighted by Crippen LogP contribution is -2.42. The van der Waals surface area contributed by atoms with E-state index >= 15 is 0 Å². The van der Waals surface area contributed by atoms with E-state index in [1.807, 2.05) is 60.7 Å². The van der Waals surface area contributed by atoms with Crippen molar-refractivity contribution in [1.82, 2.24) is 10.7 Å². The van der Waals surface area contributed by atoms with Crippen molar-refractivity contribution in [3.8, 4) is 0 Å². The molecule has 21 heavy (non-hydrogen) atoms. The van der Waals surface area contributed by atoms with E-state index in [1.54, 1.807) is 0 Å². The highest BCUT2D eigenvalue weighted by atomic mass is 32.1. The lowest BCUT2D eigenvalue weighted by molar-refractivity contribution is 0.0971. The number of carbonyl (C=O) groups is 1. The molecule has 2 aromatic carbocycles. The summed E-state index contributed by atoms with van der Waals surface area (Å²) in [6.07, 6.45) is 0.301. The maximum atomic E-state index is 12.4. The van der Waals surface area contributed by atoms with Crippen LogP contribution in [0.15, 0.2) is 60.7 Å². The number of rotatable bonds is 5. The largest absolute Gasteiger partial charge is 0.354 e. The van der Waals surface area contributed by atoms with Gasteiger partial charge in [-0.05, 0) is 17.8 Å². The van der Waals surface area contributed by atoms with E-state index in [4.69, 9.17) is 18.1 Å². The first-order valence-electron chi connectivity index (χ1n) is 6.61. The first-order valence-corrected chi connectivity index (χ1v) is 7.02. The lowest BCUT2D eigenvalue weighted by Gasteiger charge is -2.20. The van der Waals surface area contributed by atoms with Gasteiger partial charge in [-0.15, -0.1) is 0 Å². The second kappa shape index (κ2) is 7.52. The van der Waals surface area contributed by atoms with E-state index in [2.05, 4.69) is 10.7 Å². The van der Waals surface area contributed by atoms with E-state index in [-0.39, 0.29) is 11.8 Å². The fraction of sp³-hybridized carbons (Fsp3) is 0.125. The zero-order valence-corrected chi connectivity index (χ0v) is 12.3. The topological polar surface area (TPSA) is 67.2 Å². The van der Waals surface area contributed by atoms with Crippen molar-refractivity contribution in [2.75, 3.05) is 0 Å². The molecule has 0 saturated heterocycles. The van der Waals surface area contributed by atoms with Crippen molar-refractivity contribution in [2.24, 2.45) is 5.84 Å². The normalized spacial score (nSPS) is 11.5. The number of nitrogens with one attached hydrogen (secondary N) is 2. The quantitative estimate of drug-likeness (QED) is 0.342. The summed E-state index contributed by atoms with van der Waals surface area (Å²) < 4.78 is 0. The number of nitrogens with two attached hydrogens (primary N) is 1. The highest BCUT2D eigenvalue weighted by molar-refractivity contribution is 7.80. The number of hydrogen-bond donors (Lipinski definition) is 3. The van der Waals surface area contributed by atoms with Gasteiger partial charge in [0.25, 0.3) is 0 Å². The van der Waals surface area contributed by atoms with Crippen LogP contribution in [0, 0.1) is 0 Å². The molecule has 108 valence electrons. The van der Waals surface area contributed by atoms with Gasteiger partial charge >= 0.3 is 0 Å². The minimum absolute atomic E-state index is 0.0526. The third-order valence-electron chi connectivity index (χ3n) is 3.12. The van der Waals surface area contributed by atoms with E-state index in [0.29, 0.717) is 17.1 Å². The van der Waals surface area contributed by atoms with Crippen molar-refractivity contribution in [3.05, 3.63) is 71.8 Å². The maximum absolute atomic E-state index is 12.4. The molecule has 0 fully saturated rings. The van der Waals surface area contributed by atoms with Gasteiger partial charge in [-0.25, -0.2) is 5.84 Å². The van der Waals surface area contributed by atoms with Gasteiger partial charge in [0.2, 0.25) is 0 Å². The van der Waals surface area contributed by atoms with Crippen LogP contribution in [0.1, 0.15) is 28.4 Å². The summed E-state index contributed by atoms with van der Waals surface area (Å²) in [5.41, 5.74) is 4.06. The molecule has 4 N–H and O–H groups in total. The van der Waals surface area contributed by atoms with E-state index in [0.717, 1.165) is 5.56 Å². The molecule has 0 amide bonds. The minimum Gasteiger partial charge on any atom is -0.354 e. The molecule has 0 heterocycles. The Morgan fingerprint density at radius 2 is 1.62 bits per heavy atom. The van der Waals surface area contributed by atoms with Crippen molar-refractivity contribution in [3.63, 3.8) is 0 Å². The van der Waals surface area contributed by atoms with Crippen molar-refractivity contribution in [1.29, 1.82) is 0 Å². The number of ketones is 1. The summed E-state index contributed by atoms with van der Waals surface area (Å²) in [7, 11) is 0. The molecule has 1 unspecified atom stereocenters. The fourth-order valence-electron chi connectivity index (χ4n) is 2.06. The summed E-state index contributed by atoms with van der Waals surface area (Å²) in [5.74, 6) is 5.35. The van der Waals surface area contributed by atoms with Gasteiger partial charge in [-0.3, -0.25) is 4.79 Å². The molecule has 0 aromatic heterocycles. The average molecular weight is 299 g/mol. The van der Waals surface area contributed by atoms with Gasteiger partial charge < -0.3 is 10.7 Å². The Bertz CT molecular complexity index is 601. The highest BCUT2D eigenvalue weighted by Crippen LogP contribution is 2.19. The molecule has 0 aliphatic rings. The Hall–Kier alpha value is -2.24. The van der Waals surface area contributed by atoms with Gasteiger partial charge in [-0.2, -0.15) is 0 Å². The molecule has 0 radical (unpaired) electrons. The highest BCUT2D eigenvalue weighted by Gasteiger charge is 2.17. The lowest BCUT2D eigenvalue weighted by atomic mass is 9.98. The van der Waals surface area contributed by atoms with Gasteiger partial charge in [0.15, 0.2) is 10.9 Å². The predicted octanol–water partition coefficient (Wildman–Crippen LogP) is 2.34. The van der Waals surface area contributed by atoms with E-state index in [1.165, 1.54) is 0 Å². The predicted molar refractivity (Wildman–Crippen MR) is 87.6 cm³/mol. The average Bonchev–Trinajstić information content (AvgIpc) is 2.55. The zero-order valence-electron chi connectivity index (χ0n) is 11.5. The first kappa shape index (κ1) is 15.2. The first-order chi connectivity index (χ1) is 10.2. The smallest absolute Gasteiger partial charge is 0.181 e. The molecule has 0 spiro atoms. The van der Waals surface area contributed by atoms with Crippen LogP contribution >= 0.6 is 12.2 Å². The Balaban J connectivity index is 2.16. The second-order valence-electron chi connectivity index (χ2n) is 4.57. The maximum Gasteiger partial charge on any atom is 0.181 e. The Morgan fingerprint density at radius 1 is 1.05 bits per heavy atom. The molecule has 0 saturated carbocycles. The Morgan fingerprint density at radius 3 is 2.19 bits per heavy atom. The summed E-state index contributed by atoms with van der Waals surface area (Å²) in [4.78, 5) is 12.4. The minimum atomic E-state index is -0.220. The molecule has 2 aromatic rings. The number of benzene rings is 2. The second-order valence-corrected chi connectivity index (χ2v) is 4.98. The van der Waals surface area contributed by atoms with Crippen LogP contribution in [-0.4, -0.2) is 10.9 Å². The zero-order chi connectivity index (χ0) is 15.1. The molecule has 5 heteroatoms. The summed E-state index contributed by atoms with van der Waals surface area (Å²) in [5, 5.41) is 3.37. The van der Waals surface area contributed by atoms with E-state index in [9.17, 15) is 4.79 Å². The van der Waals surface area contributed by atoms with Crippen LogP contribution in [0.3, 0.4) is 0 Å². The molecule has 0 aliphatic carbocycles. The van der Waals surface area contributed by atoms with Crippen molar-refractivity contribution >= 4 is 23.1 Å². The van der Waals surface area contributed by atoms with Gasteiger partial charge in [0.05, 0.1) is 6.04 Å². The Kier molecular flexibility index (Phi) is 5.43. The molecule has 0 aliphatic heterocycles. The van der Waals surface area contributed by atoms with Crippen LogP contribution < -0.4 is 16.6 Å². The number of Topliss-reactive ketones (excluding diaryl/α,β-unsaturated/α-hetero) is 1. The Labute approximate surface area is 129 Å². The summed E-state index contributed by atoms with van der Waals surface area (Å²) in [6, 6.07) is 18.7. The standard InChI is InChI=1S/C16H17N3OS/c17-19-16(21)18-14(12-7-3-1-4-8-12)11-15(20)13-9-5-2-6-10-13/h1-10,14H,11,17H2,(H2,18,19,21). The van der Waals surface area contributed by atoms with Crippen LogP contribution in [0.5, 0.6) is 0 Å². The number of hydrazine groups is 1. The van der Waals surface area contributed by atoms with Crippen LogP contribution in [0.25, 0.3) is 0 Å². The fourth-order valence-corrected chi connectivity index (χ4v) is 2.21. The van der Waals surface area contributed by atoms with Crippen LogP contribution in [0.4, 0.5) is 0 Å². The summed E-state index contributed by atoms with van der Waals surface area (Å²) in [6.45, 7) is 0. The third-order valence-corrected chi connectivity index (χ3v) is 3.36.